The van der Waals surface area contributed by atoms with Crippen LogP contribution in [0, 0.1) is 10.1 Å². The summed E-state index contributed by atoms with van der Waals surface area (Å²) in [7, 11) is 0. The van der Waals surface area contributed by atoms with Crippen LogP contribution in [-0.2, 0) is 17.6 Å². The number of halogens is 1. The van der Waals surface area contributed by atoms with Gasteiger partial charge in [0.15, 0.2) is 5.17 Å². The van der Waals surface area contributed by atoms with Gasteiger partial charge in [-0.1, -0.05) is 59.8 Å². The van der Waals surface area contributed by atoms with Crippen LogP contribution in [0.25, 0.3) is 6.08 Å². The Morgan fingerprint density at radius 2 is 1.63 bits per heavy atom. The van der Waals surface area contributed by atoms with Gasteiger partial charge < -0.3 is 5.11 Å². The molecule has 0 unspecified atom stereocenters. The van der Waals surface area contributed by atoms with Crippen LogP contribution in [0.3, 0.4) is 0 Å². The molecule has 3 aromatic carbocycles. The number of hydrogen-bond donors (Lipinski definition) is 0. The average Bonchev–Trinajstić information content (AvgIpc) is 3.16. The van der Waals surface area contributed by atoms with E-state index in [1.54, 1.807) is 0 Å². The van der Waals surface area contributed by atoms with Crippen molar-refractivity contribution in [1.82, 2.24) is 0 Å². The van der Waals surface area contributed by atoms with Crippen molar-refractivity contribution in [3.05, 3.63) is 96.8 Å². The Morgan fingerprint density at radius 1 is 1.03 bits per heavy atom. The van der Waals surface area contributed by atoms with Gasteiger partial charge in [-0.3, -0.25) is 19.8 Å². The molecule has 0 aliphatic carbocycles. The Kier molecular flexibility index (Phi) is 7.37. The fourth-order valence-corrected chi connectivity index (χ4v) is 4.98. The molecule has 3 aromatic rings. The number of aliphatic imine (C=N–C) groups is 1. The summed E-state index contributed by atoms with van der Waals surface area (Å²) >= 11 is 4.21. The quantitative estimate of drug-likeness (QED) is 0.202. The van der Waals surface area contributed by atoms with E-state index in [0.29, 0.717) is 16.5 Å². The predicted octanol–water partition coefficient (Wildman–Crippen LogP) is 6.36. The number of hydrogen-bond acceptors (Lipinski definition) is 6. The highest BCUT2D eigenvalue weighted by atomic mass is 79.9. The Labute approximate surface area is 215 Å². The summed E-state index contributed by atoms with van der Waals surface area (Å²) in [5.41, 5.74) is 3.46. The number of non-ortho nitro benzene ring substituents is 1. The molecule has 1 fully saturated rings. The number of aryl methyl sites for hydroxylation is 2. The number of nitro benzene ring substituents is 1. The zero-order valence-electron chi connectivity index (χ0n) is 19.0. The fraction of sp³-hybridized carbons (Fsp3) is 0.154. The molecule has 1 amide bonds. The Morgan fingerprint density at radius 3 is 2.20 bits per heavy atom. The molecule has 7 nitrogen and oxygen atoms in total. The van der Waals surface area contributed by atoms with Crippen molar-refractivity contribution in [3.8, 4) is 5.75 Å². The monoisotopic (exact) mass is 550 g/mol. The van der Waals surface area contributed by atoms with Gasteiger partial charge in [0.2, 0.25) is 0 Å². The minimum atomic E-state index is -0.579. The van der Waals surface area contributed by atoms with Crippen molar-refractivity contribution in [2.24, 2.45) is 4.99 Å². The normalized spacial score (nSPS) is 15.9. The summed E-state index contributed by atoms with van der Waals surface area (Å²) in [4.78, 5) is 30.6. The molecule has 0 saturated carbocycles. The van der Waals surface area contributed by atoms with E-state index < -0.39 is 10.7 Å². The van der Waals surface area contributed by atoms with Gasteiger partial charge in [-0.2, -0.15) is 0 Å². The molecule has 1 aliphatic rings. The van der Waals surface area contributed by atoms with Crippen LogP contribution in [-0.4, -0.2) is 16.0 Å². The summed E-state index contributed by atoms with van der Waals surface area (Å²) in [6.07, 6.45) is 3.17. The molecular weight excluding hydrogens is 530 g/mol. The Balaban J connectivity index is 1.80. The maximum atomic E-state index is 13.5. The lowest BCUT2D eigenvalue weighted by molar-refractivity contribution is -0.385. The van der Waals surface area contributed by atoms with E-state index in [-0.39, 0.29) is 26.5 Å². The second kappa shape index (κ2) is 10.5. The number of thioether (sulfide) groups is 1. The van der Waals surface area contributed by atoms with Crippen molar-refractivity contribution in [3.63, 3.8) is 0 Å². The van der Waals surface area contributed by atoms with Gasteiger partial charge in [0.05, 0.1) is 21.2 Å². The molecule has 1 saturated heterocycles. The highest BCUT2D eigenvalue weighted by Crippen LogP contribution is 2.40. The van der Waals surface area contributed by atoms with Gasteiger partial charge in [0, 0.05) is 16.6 Å². The number of amides is 1. The molecule has 0 N–H and O–H groups in total. The summed E-state index contributed by atoms with van der Waals surface area (Å²) in [5, 5.41) is 24.3. The highest BCUT2D eigenvalue weighted by molar-refractivity contribution is 9.10. The average molecular weight is 551 g/mol. The predicted molar refractivity (Wildman–Crippen MR) is 142 cm³/mol. The number of benzene rings is 3. The third-order valence-corrected chi connectivity index (χ3v) is 7.09. The Bertz CT molecular complexity index is 1350. The van der Waals surface area contributed by atoms with Crippen LogP contribution in [0.4, 0.5) is 17.1 Å². The highest BCUT2D eigenvalue weighted by Gasteiger charge is 2.35. The number of carbonyl (C=O) groups excluding carboxylic acids is 1. The van der Waals surface area contributed by atoms with E-state index in [2.05, 4.69) is 29.8 Å². The van der Waals surface area contributed by atoms with Crippen LogP contribution in [0.1, 0.15) is 30.5 Å². The first-order chi connectivity index (χ1) is 16.8. The number of amidine groups is 1. The lowest BCUT2D eigenvalue weighted by Crippen LogP contribution is -2.28. The summed E-state index contributed by atoms with van der Waals surface area (Å²) < 4.78 is 0.0610. The second-order valence-corrected chi connectivity index (χ2v) is 9.65. The molecule has 9 heteroatoms. The third-order valence-electron chi connectivity index (χ3n) is 5.53. The maximum Gasteiger partial charge on any atom is 0.271 e. The van der Waals surface area contributed by atoms with E-state index in [9.17, 15) is 20.0 Å². The molecule has 0 aromatic heterocycles. The first-order valence-electron chi connectivity index (χ1n) is 11.0. The largest absolute Gasteiger partial charge is 0.871 e. The first-order valence-corrected chi connectivity index (χ1v) is 12.6. The zero-order valence-corrected chi connectivity index (χ0v) is 21.4. The van der Waals surface area contributed by atoms with Crippen LogP contribution in [0.2, 0.25) is 0 Å². The van der Waals surface area contributed by atoms with E-state index in [0.717, 1.165) is 36.2 Å². The van der Waals surface area contributed by atoms with Crippen LogP contribution >= 0.6 is 27.7 Å². The van der Waals surface area contributed by atoms with Gasteiger partial charge in [-0.15, -0.1) is 0 Å². The van der Waals surface area contributed by atoms with E-state index >= 15 is 0 Å². The summed E-state index contributed by atoms with van der Waals surface area (Å²) in [5.74, 6) is -0.791. The molecule has 0 radical (unpaired) electrons. The molecule has 1 aliphatic heterocycles. The lowest BCUT2D eigenvalue weighted by Gasteiger charge is -2.16. The fourth-order valence-electron chi connectivity index (χ4n) is 3.53. The number of anilines is 1. The second-order valence-electron chi connectivity index (χ2n) is 7.79. The smallest absolute Gasteiger partial charge is 0.271 e. The minimum Gasteiger partial charge on any atom is -0.871 e. The summed E-state index contributed by atoms with van der Waals surface area (Å²) in [6, 6.07) is 17.7. The molecule has 4 rings (SSSR count). The standard InChI is InChI=1S/C26H22BrN3O4S/c1-3-16-5-9-19(10-6-16)28-26-29(20-11-7-17(4-2)8-12-20)25(32)23(35-26)14-18-13-21(30(33)34)15-22(27)24(18)31/h5-15,31H,3-4H2,1-2H3/p-1/b23-14-,28-26?. The maximum absolute atomic E-state index is 13.5. The molecule has 0 spiro atoms. The van der Waals surface area contributed by atoms with E-state index in [1.807, 2.05) is 48.5 Å². The molecule has 35 heavy (non-hydrogen) atoms. The molecular formula is C26H21BrN3O4S-. The first kappa shape index (κ1) is 24.7. The molecule has 0 atom stereocenters. The Hall–Kier alpha value is -3.43. The van der Waals surface area contributed by atoms with Crippen molar-refractivity contribution >= 4 is 61.9 Å². The molecule has 0 bridgehead atoms. The number of nitro groups is 1. The third kappa shape index (κ3) is 5.31. The van der Waals surface area contributed by atoms with Gasteiger partial charge >= 0.3 is 0 Å². The minimum absolute atomic E-state index is 0.0526. The lowest BCUT2D eigenvalue weighted by atomic mass is 10.1. The molecule has 1 heterocycles. The molecule has 178 valence electrons. The number of nitrogens with zero attached hydrogens (tertiary/aromatic N) is 3. The zero-order chi connectivity index (χ0) is 25.1. The van der Waals surface area contributed by atoms with Crippen LogP contribution in [0.15, 0.2) is 75.0 Å². The van der Waals surface area contributed by atoms with Crippen LogP contribution < -0.4 is 10.0 Å². The van der Waals surface area contributed by atoms with E-state index in [1.165, 1.54) is 22.6 Å². The number of carbonyl (C=O) groups is 1. The van der Waals surface area contributed by atoms with Crippen molar-refractivity contribution in [2.45, 2.75) is 26.7 Å². The topological polar surface area (TPSA) is 98.9 Å². The summed E-state index contributed by atoms with van der Waals surface area (Å²) in [6.45, 7) is 4.12. The van der Waals surface area contributed by atoms with Crippen molar-refractivity contribution in [2.75, 3.05) is 4.90 Å². The number of rotatable bonds is 6. The SMILES string of the molecule is CCc1ccc(N=C2S/C(=C\c3cc([N+](=O)[O-])cc(Br)c3[O-])C(=O)N2c2ccc(CC)cc2)cc1. The van der Waals surface area contributed by atoms with Crippen molar-refractivity contribution in [1.29, 1.82) is 0 Å². The van der Waals surface area contributed by atoms with Gasteiger partial charge in [0.25, 0.3) is 11.6 Å². The van der Waals surface area contributed by atoms with Crippen molar-refractivity contribution < 1.29 is 14.8 Å². The van der Waals surface area contributed by atoms with Gasteiger partial charge in [-0.05, 0) is 71.6 Å². The van der Waals surface area contributed by atoms with Gasteiger partial charge in [0.1, 0.15) is 0 Å². The van der Waals surface area contributed by atoms with Gasteiger partial charge in [-0.25, -0.2) is 4.99 Å². The van der Waals surface area contributed by atoms with E-state index in [4.69, 9.17) is 4.99 Å². The van der Waals surface area contributed by atoms with Crippen LogP contribution in [0.5, 0.6) is 5.75 Å².